The summed E-state index contributed by atoms with van der Waals surface area (Å²) in [6.07, 6.45) is 1.68. The Hall–Kier alpha value is -3.32. The molecule has 140 valence electrons. The molecule has 2 aromatic heterocycles. The summed E-state index contributed by atoms with van der Waals surface area (Å²) in [6, 6.07) is 16.5. The zero-order chi connectivity index (χ0) is 19.5. The first-order valence-corrected chi connectivity index (χ1v) is 9.81. The lowest BCUT2D eigenvalue weighted by Gasteiger charge is -2.18. The van der Waals surface area contributed by atoms with Crippen LogP contribution in [0.25, 0.3) is 10.9 Å². The number of fused-ring (bicyclic) bond motifs is 1. The predicted octanol–water partition coefficient (Wildman–Crippen LogP) is 3.78. The van der Waals surface area contributed by atoms with E-state index >= 15 is 0 Å². The molecule has 0 aliphatic carbocycles. The van der Waals surface area contributed by atoms with Crippen LogP contribution >= 0.6 is 11.3 Å². The number of para-hydroxylation sites is 1. The summed E-state index contributed by atoms with van der Waals surface area (Å²) in [5.74, 6) is -0.253. The molecule has 2 aromatic carbocycles. The molecule has 0 fully saturated rings. The van der Waals surface area contributed by atoms with E-state index in [0.717, 1.165) is 15.9 Å². The van der Waals surface area contributed by atoms with E-state index in [-0.39, 0.29) is 18.2 Å². The molecule has 4 aromatic rings. The van der Waals surface area contributed by atoms with E-state index in [4.69, 9.17) is 0 Å². The molecule has 6 nitrogen and oxygen atoms in total. The first-order chi connectivity index (χ1) is 13.7. The number of anilines is 1. The zero-order valence-electron chi connectivity index (χ0n) is 15.3. The first kappa shape index (κ1) is 18.1. The molecule has 0 bridgehead atoms. The minimum Gasteiger partial charge on any atom is -0.301 e. The average molecular weight is 390 g/mol. The summed E-state index contributed by atoms with van der Waals surface area (Å²) in [5, 5.41) is 6.05. The van der Waals surface area contributed by atoms with Crippen molar-refractivity contribution in [2.45, 2.75) is 13.5 Å². The Bertz CT molecular complexity index is 1120. The van der Waals surface area contributed by atoms with Gasteiger partial charge < -0.3 is 4.90 Å². The third-order valence-corrected chi connectivity index (χ3v) is 5.29. The summed E-state index contributed by atoms with van der Waals surface area (Å²) in [7, 11) is 0. The number of carbonyl (C=O) groups is 2. The Morgan fingerprint density at radius 3 is 2.54 bits per heavy atom. The van der Waals surface area contributed by atoms with Crippen LogP contribution in [0.15, 0.2) is 66.3 Å². The van der Waals surface area contributed by atoms with Crippen LogP contribution in [0.1, 0.15) is 23.0 Å². The van der Waals surface area contributed by atoms with Gasteiger partial charge in [-0.25, -0.2) is 0 Å². The second-order valence-electron chi connectivity index (χ2n) is 6.20. The van der Waals surface area contributed by atoms with Crippen molar-refractivity contribution in [2.24, 2.45) is 0 Å². The molecule has 1 amide bonds. The Kier molecular flexibility index (Phi) is 4.99. The average Bonchev–Trinajstić information content (AvgIpc) is 3.38. The number of hydrogen-bond donors (Lipinski definition) is 0. The molecule has 0 unspecified atom stereocenters. The molecule has 0 aliphatic heterocycles. The van der Waals surface area contributed by atoms with Gasteiger partial charge in [0.2, 0.25) is 11.7 Å². The quantitative estimate of drug-likeness (QED) is 0.470. The van der Waals surface area contributed by atoms with Crippen LogP contribution in [-0.4, -0.2) is 33.0 Å². The number of aromatic nitrogens is 3. The minimum absolute atomic E-state index is 0.0499. The topological polar surface area (TPSA) is 68.1 Å². The number of rotatable bonds is 6. The molecule has 0 radical (unpaired) electrons. The maximum Gasteiger partial charge on any atom is 0.249 e. The minimum atomic E-state index is -0.155. The lowest BCUT2D eigenvalue weighted by molar-refractivity contribution is -0.119. The van der Waals surface area contributed by atoms with E-state index in [0.29, 0.717) is 17.8 Å². The molecule has 0 spiro atoms. The lowest BCUT2D eigenvalue weighted by atomic mass is 10.1. The fraction of sp³-hybridized carbons (Fsp3) is 0.143. The van der Waals surface area contributed by atoms with Crippen molar-refractivity contribution in [1.29, 1.82) is 0 Å². The Morgan fingerprint density at radius 2 is 1.82 bits per heavy atom. The zero-order valence-corrected chi connectivity index (χ0v) is 16.1. The van der Waals surface area contributed by atoms with E-state index < -0.39 is 0 Å². The van der Waals surface area contributed by atoms with Gasteiger partial charge in [-0.2, -0.15) is 5.10 Å². The molecule has 28 heavy (non-hydrogen) atoms. The molecule has 2 heterocycles. The van der Waals surface area contributed by atoms with Crippen molar-refractivity contribution in [2.75, 3.05) is 11.4 Å². The van der Waals surface area contributed by atoms with Crippen molar-refractivity contribution >= 4 is 38.9 Å². The fourth-order valence-corrected chi connectivity index (χ4v) is 3.86. The number of hydrogen-bond acceptors (Lipinski definition) is 5. The van der Waals surface area contributed by atoms with E-state index in [1.165, 1.54) is 11.3 Å². The Morgan fingerprint density at radius 1 is 1.07 bits per heavy atom. The van der Waals surface area contributed by atoms with Gasteiger partial charge in [0.25, 0.3) is 0 Å². The monoisotopic (exact) mass is 390 g/mol. The summed E-state index contributed by atoms with van der Waals surface area (Å²) in [4.78, 5) is 31.6. The van der Waals surface area contributed by atoms with Gasteiger partial charge in [0, 0.05) is 17.5 Å². The number of likely N-dealkylation sites (N-methyl/N-ethyl adjacent to an activating group) is 1. The van der Waals surface area contributed by atoms with E-state index in [1.807, 2.05) is 49.4 Å². The number of ketones is 1. The fourth-order valence-electron chi connectivity index (χ4n) is 3.15. The molecule has 4 rings (SSSR count). The molecular formula is C21H18N4O2S. The van der Waals surface area contributed by atoms with Gasteiger partial charge in [0.05, 0.1) is 17.2 Å². The van der Waals surface area contributed by atoms with Crippen LogP contribution in [0, 0.1) is 0 Å². The number of thiazole rings is 1. The number of benzene rings is 2. The highest BCUT2D eigenvalue weighted by atomic mass is 32.1. The summed E-state index contributed by atoms with van der Waals surface area (Å²) < 4.78 is 1.61. The molecular weight excluding hydrogens is 372 g/mol. The third kappa shape index (κ3) is 3.32. The number of nitrogens with zero attached hydrogens (tertiary/aromatic N) is 4. The van der Waals surface area contributed by atoms with Gasteiger partial charge in [-0.15, -0.1) is 11.3 Å². The van der Waals surface area contributed by atoms with Gasteiger partial charge in [-0.1, -0.05) is 48.5 Å². The normalized spacial score (nSPS) is 10.9. The van der Waals surface area contributed by atoms with Crippen LogP contribution in [-0.2, 0) is 11.3 Å². The predicted molar refractivity (Wildman–Crippen MR) is 110 cm³/mol. The molecule has 0 saturated carbocycles. The van der Waals surface area contributed by atoms with E-state index in [2.05, 4.69) is 10.1 Å². The maximum atomic E-state index is 13.0. The summed E-state index contributed by atoms with van der Waals surface area (Å²) in [5.41, 5.74) is 3.39. The van der Waals surface area contributed by atoms with Crippen LogP contribution in [0.5, 0.6) is 0 Å². The first-order valence-electron chi connectivity index (χ1n) is 8.93. The van der Waals surface area contributed by atoms with E-state index in [9.17, 15) is 9.59 Å². The lowest BCUT2D eigenvalue weighted by Crippen LogP contribution is -2.33. The highest BCUT2D eigenvalue weighted by molar-refractivity contribution is 7.14. The second-order valence-corrected chi connectivity index (χ2v) is 7.06. The smallest absolute Gasteiger partial charge is 0.249 e. The molecule has 0 saturated heterocycles. The van der Waals surface area contributed by atoms with Gasteiger partial charge >= 0.3 is 0 Å². The van der Waals surface area contributed by atoms with Gasteiger partial charge in [-0.3, -0.25) is 19.3 Å². The summed E-state index contributed by atoms with van der Waals surface area (Å²) >= 11 is 1.42. The standard InChI is InChI=1S/C21H18N4O2S/c1-2-24(19-12-22-14-28-19)18(26)13-25-17-11-7-6-10-16(17)20(23-25)21(27)15-8-4-3-5-9-15/h3-12,14H,2,13H2,1H3. The Balaban J connectivity index is 1.70. The maximum absolute atomic E-state index is 13.0. The second kappa shape index (κ2) is 7.74. The van der Waals surface area contributed by atoms with Crippen molar-refractivity contribution in [3.05, 3.63) is 77.6 Å². The van der Waals surface area contributed by atoms with Gasteiger partial charge in [-0.05, 0) is 13.0 Å². The Labute approximate surface area is 166 Å². The van der Waals surface area contributed by atoms with Crippen LogP contribution in [0.2, 0.25) is 0 Å². The van der Waals surface area contributed by atoms with Crippen LogP contribution in [0.4, 0.5) is 5.00 Å². The number of carbonyl (C=O) groups excluding carboxylic acids is 2. The van der Waals surface area contributed by atoms with E-state index in [1.54, 1.807) is 33.4 Å². The van der Waals surface area contributed by atoms with Crippen molar-refractivity contribution in [1.82, 2.24) is 14.8 Å². The SMILES string of the molecule is CCN(C(=O)Cn1nc(C(=O)c2ccccc2)c2ccccc21)c1cncs1. The molecule has 0 atom stereocenters. The van der Waals surface area contributed by atoms with Crippen molar-refractivity contribution in [3.8, 4) is 0 Å². The highest BCUT2D eigenvalue weighted by Gasteiger charge is 2.22. The van der Waals surface area contributed by atoms with Crippen molar-refractivity contribution in [3.63, 3.8) is 0 Å². The van der Waals surface area contributed by atoms with Crippen LogP contribution in [0.3, 0.4) is 0 Å². The molecule has 7 heteroatoms. The van der Waals surface area contributed by atoms with Crippen molar-refractivity contribution < 1.29 is 9.59 Å². The third-order valence-electron chi connectivity index (χ3n) is 4.50. The number of amides is 1. The summed E-state index contributed by atoms with van der Waals surface area (Å²) in [6.45, 7) is 2.51. The van der Waals surface area contributed by atoms with Gasteiger partial charge in [0.15, 0.2) is 0 Å². The van der Waals surface area contributed by atoms with Gasteiger partial charge in [0.1, 0.15) is 17.2 Å². The highest BCUT2D eigenvalue weighted by Crippen LogP contribution is 2.23. The molecule has 0 aliphatic rings. The van der Waals surface area contributed by atoms with Crippen LogP contribution < -0.4 is 4.90 Å². The largest absolute Gasteiger partial charge is 0.301 e. The molecule has 0 N–H and O–H groups in total.